The van der Waals surface area contributed by atoms with E-state index in [1.54, 1.807) is 54.6 Å². The summed E-state index contributed by atoms with van der Waals surface area (Å²) in [6.07, 6.45) is 0. The Hall–Kier alpha value is -3.40. The first-order chi connectivity index (χ1) is 12.2. The van der Waals surface area contributed by atoms with E-state index in [-0.39, 0.29) is 0 Å². The van der Waals surface area contributed by atoms with E-state index in [1.165, 1.54) is 4.90 Å². The molecule has 0 heterocycles. The molecule has 3 rings (SSSR count). The van der Waals surface area contributed by atoms with Crippen molar-refractivity contribution in [3.8, 4) is 0 Å². The lowest BCUT2D eigenvalue weighted by atomic mass is 9.97. The average Bonchev–Trinajstić information content (AvgIpc) is 2.64. The van der Waals surface area contributed by atoms with Crippen LogP contribution in [0.25, 0.3) is 0 Å². The number of anilines is 2. The molecule has 124 valence electrons. The summed E-state index contributed by atoms with van der Waals surface area (Å²) in [5.74, 6) is -2.95. The monoisotopic (exact) mass is 331 g/mol. The van der Waals surface area contributed by atoms with Gasteiger partial charge in [0, 0.05) is 11.4 Å². The molecule has 1 atom stereocenters. The summed E-state index contributed by atoms with van der Waals surface area (Å²) in [6.45, 7) is 0. The molecule has 4 heteroatoms. The first kappa shape index (κ1) is 16.5. The van der Waals surface area contributed by atoms with E-state index in [4.69, 9.17) is 0 Å². The number of para-hydroxylation sites is 2. The van der Waals surface area contributed by atoms with Gasteiger partial charge in [-0.2, -0.15) is 0 Å². The molecule has 0 aliphatic rings. The van der Waals surface area contributed by atoms with Crippen LogP contribution in [-0.2, 0) is 9.59 Å². The van der Waals surface area contributed by atoms with Crippen molar-refractivity contribution in [1.82, 2.24) is 0 Å². The minimum atomic E-state index is -1.28. The van der Waals surface area contributed by atoms with E-state index < -0.39 is 17.8 Å². The Morgan fingerprint density at radius 3 is 1.48 bits per heavy atom. The highest BCUT2D eigenvalue weighted by Crippen LogP contribution is 2.30. The van der Waals surface area contributed by atoms with Crippen molar-refractivity contribution in [3.63, 3.8) is 0 Å². The van der Waals surface area contributed by atoms with Gasteiger partial charge >= 0.3 is 5.97 Å². The third-order valence-electron chi connectivity index (χ3n) is 3.88. The highest BCUT2D eigenvalue weighted by Gasteiger charge is 2.33. The number of hydrogen-bond donors (Lipinski definition) is 1. The second-order valence-electron chi connectivity index (χ2n) is 5.53. The van der Waals surface area contributed by atoms with E-state index in [2.05, 4.69) is 0 Å². The topological polar surface area (TPSA) is 57.6 Å². The van der Waals surface area contributed by atoms with E-state index in [1.807, 2.05) is 36.4 Å². The molecule has 0 bridgehead atoms. The molecule has 0 spiro atoms. The smallest absolute Gasteiger partial charge is 0.320 e. The minimum absolute atomic E-state index is 0.455. The van der Waals surface area contributed by atoms with Crippen LogP contribution in [0.4, 0.5) is 11.4 Å². The molecule has 3 aromatic carbocycles. The maximum Gasteiger partial charge on any atom is 0.320 e. The number of carbonyl (C=O) groups is 2. The number of carbonyl (C=O) groups excluding carboxylic acids is 1. The molecule has 4 nitrogen and oxygen atoms in total. The van der Waals surface area contributed by atoms with Crippen LogP contribution in [-0.4, -0.2) is 17.0 Å². The van der Waals surface area contributed by atoms with Crippen LogP contribution in [0.2, 0.25) is 0 Å². The Labute approximate surface area is 146 Å². The summed E-state index contributed by atoms with van der Waals surface area (Å²) in [4.78, 5) is 26.5. The summed E-state index contributed by atoms with van der Waals surface area (Å²) in [5, 5.41) is 9.69. The molecular formula is C21H17NO3. The first-order valence-electron chi connectivity index (χ1n) is 7.90. The molecule has 0 saturated carbocycles. The quantitative estimate of drug-likeness (QED) is 0.712. The van der Waals surface area contributed by atoms with Crippen LogP contribution in [0.1, 0.15) is 11.5 Å². The van der Waals surface area contributed by atoms with Crippen molar-refractivity contribution in [2.45, 2.75) is 5.92 Å². The van der Waals surface area contributed by atoms with Crippen LogP contribution >= 0.6 is 0 Å². The van der Waals surface area contributed by atoms with E-state index >= 15 is 0 Å². The number of amides is 1. The fourth-order valence-electron chi connectivity index (χ4n) is 2.72. The lowest BCUT2D eigenvalue weighted by molar-refractivity contribution is -0.142. The minimum Gasteiger partial charge on any atom is -0.480 e. The second-order valence-corrected chi connectivity index (χ2v) is 5.53. The summed E-state index contributed by atoms with van der Waals surface area (Å²) in [6, 6.07) is 26.7. The van der Waals surface area contributed by atoms with Gasteiger partial charge in [0.25, 0.3) is 0 Å². The standard InChI is InChI=1S/C21H17NO3/c23-20(19(21(24)25)16-10-4-1-5-11-16)22(17-12-6-2-7-13-17)18-14-8-3-9-15-18/h1-15,19H,(H,24,25). The van der Waals surface area contributed by atoms with Crippen molar-refractivity contribution in [2.75, 3.05) is 4.90 Å². The number of carboxylic acids is 1. The zero-order valence-electron chi connectivity index (χ0n) is 13.4. The van der Waals surface area contributed by atoms with E-state index in [9.17, 15) is 14.7 Å². The van der Waals surface area contributed by atoms with Crippen molar-refractivity contribution < 1.29 is 14.7 Å². The number of nitrogens with zero attached hydrogens (tertiary/aromatic N) is 1. The van der Waals surface area contributed by atoms with Crippen LogP contribution in [0, 0.1) is 0 Å². The van der Waals surface area contributed by atoms with Gasteiger partial charge < -0.3 is 5.11 Å². The molecule has 1 amide bonds. The molecule has 1 unspecified atom stereocenters. The van der Waals surface area contributed by atoms with Gasteiger partial charge in [0.05, 0.1) is 0 Å². The molecule has 25 heavy (non-hydrogen) atoms. The maximum atomic E-state index is 13.2. The number of carboxylic acid groups (broad SMARTS) is 1. The van der Waals surface area contributed by atoms with E-state index in [0.29, 0.717) is 16.9 Å². The molecule has 0 fully saturated rings. The number of hydrogen-bond acceptors (Lipinski definition) is 2. The van der Waals surface area contributed by atoms with Gasteiger partial charge in [0.1, 0.15) is 0 Å². The Balaban J connectivity index is 2.09. The van der Waals surface area contributed by atoms with Gasteiger partial charge in [-0.15, -0.1) is 0 Å². The Bertz CT molecular complexity index is 809. The highest BCUT2D eigenvalue weighted by molar-refractivity contribution is 6.13. The number of benzene rings is 3. The lowest BCUT2D eigenvalue weighted by Crippen LogP contribution is -2.35. The fourth-order valence-corrected chi connectivity index (χ4v) is 2.72. The molecule has 1 N–H and O–H groups in total. The molecule has 0 radical (unpaired) electrons. The molecule has 0 aliphatic heterocycles. The summed E-state index contributed by atoms with van der Waals surface area (Å²) >= 11 is 0. The molecule has 0 aliphatic carbocycles. The third-order valence-corrected chi connectivity index (χ3v) is 3.88. The molecule has 0 saturated heterocycles. The van der Waals surface area contributed by atoms with Gasteiger partial charge in [-0.1, -0.05) is 66.7 Å². The van der Waals surface area contributed by atoms with Crippen molar-refractivity contribution >= 4 is 23.3 Å². The van der Waals surface area contributed by atoms with Crippen molar-refractivity contribution in [2.24, 2.45) is 0 Å². The number of aliphatic carboxylic acids is 1. The van der Waals surface area contributed by atoms with Crippen LogP contribution < -0.4 is 4.90 Å². The fraction of sp³-hybridized carbons (Fsp3) is 0.0476. The van der Waals surface area contributed by atoms with Crippen LogP contribution in [0.5, 0.6) is 0 Å². The van der Waals surface area contributed by atoms with Gasteiger partial charge in [-0.25, -0.2) is 0 Å². The largest absolute Gasteiger partial charge is 0.480 e. The Morgan fingerprint density at radius 2 is 1.08 bits per heavy atom. The van der Waals surface area contributed by atoms with Gasteiger partial charge in [-0.05, 0) is 29.8 Å². The van der Waals surface area contributed by atoms with Gasteiger partial charge in [0.15, 0.2) is 5.92 Å². The lowest BCUT2D eigenvalue weighted by Gasteiger charge is -2.26. The predicted molar refractivity (Wildman–Crippen MR) is 96.8 cm³/mol. The molecule has 0 aromatic heterocycles. The average molecular weight is 331 g/mol. The Morgan fingerprint density at radius 1 is 0.680 bits per heavy atom. The molecule has 3 aromatic rings. The van der Waals surface area contributed by atoms with Crippen molar-refractivity contribution in [3.05, 3.63) is 96.6 Å². The maximum absolute atomic E-state index is 13.2. The van der Waals surface area contributed by atoms with Gasteiger partial charge in [-0.3, -0.25) is 14.5 Å². The SMILES string of the molecule is O=C(O)C(C(=O)N(c1ccccc1)c1ccccc1)c1ccccc1. The van der Waals surface area contributed by atoms with Crippen LogP contribution in [0.15, 0.2) is 91.0 Å². The Kier molecular flexibility index (Phi) is 4.90. The second kappa shape index (κ2) is 7.45. The van der Waals surface area contributed by atoms with Crippen molar-refractivity contribution in [1.29, 1.82) is 0 Å². The highest BCUT2D eigenvalue weighted by atomic mass is 16.4. The summed E-state index contributed by atoms with van der Waals surface area (Å²) < 4.78 is 0. The third kappa shape index (κ3) is 3.58. The summed E-state index contributed by atoms with van der Waals surface area (Å²) in [7, 11) is 0. The van der Waals surface area contributed by atoms with Crippen LogP contribution in [0.3, 0.4) is 0 Å². The zero-order chi connectivity index (χ0) is 17.6. The zero-order valence-corrected chi connectivity index (χ0v) is 13.4. The predicted octanol–water partition coefficient (Wildman–Crippen LogP) is 4.22. The summed E-state index contributed by atoms with van der Waals surface area (Å²) in [5.41, 5.74) is 1.71. The normalized spacial score (nSPS) is 11.5. The van der Waals surface area contributed by atoms with E-state index in [0.717, 1.165) is 0 Å². The van der Waals surface area contributed by atoms with Gasteiger partial charge in [0.2, 0.25) is 5.91 Å². The first-order valence-corrected chi connectivity index (χ1v) is 7.90. The number of rotatable bonds is 5. The molecular weight excluding hydrogens is 314 g/mol.